The Balaban J connectivity index is 2.43. The molecule has 0 atom stereocenters. The third-order valence-electron chi connectivity index (χ3n) is 2.85. The van der Waals surface area contributed by atoms with E-state index in [1.165, 1.54) is 0 Å². The molecule has 0 saturated heterocycles. The molecule has 0 heterocycles. The lowest BCUT2D eigenvalue weighted by atomic mass is 10.2. The van der Waals surface area contributed by atoms with Gasteiger partial charge in [-0.3, -0.25) is 0 Å². The van der Waals surface area contributed by atoms with Crippen LogP contribution >= 0.6 is 23.2 Å². The van der Waals surface area contributed by atoms with Crippen molar-refractivity contribution in [3.63, 3.8) is 0 Å². The van der Waals surface area contributed by atoms with Gasteiger partial charge < -0.3 is 5.11 Å². The van der Waals surface area contributed by atoms with E-state index in [0.717, 1.165) is 12.1 Å². The molecule has 0 spiro atoms. The van der Waals surface area contributed by atoms with Gasteiger partial charge in [0.2, 0.25) is 10.0 Å². The highest BCUT2D eigenvalue weighted by Gasteiger charge is 2.26. The number of aromatic carboxylic acids is 1. The Bertz CT molecular complexity index is 677. The predicted molar refractivity (Wildman–Crippen MR) is 75.9 cm³/mol. The van der Waals surface area contributed by atoms with Gasteiger partial charge in [-0.1, -0.05) is 35.4 Å². The van der Waals surface area contributed by atoms with Gasteiger partial charge in [-0.25, -0.2) is 17.9 Å². The fraction of sp³-hybridized carbons (Fsp3) is 0.250. The lowest BCUT2D eigenvalue weighted by Crippen LogP contribution is -2.33. The highest BCUT2D eigenvalue weighted by molar-refractivity contribution is 7.89. The lowest BCUT2D eigenvalue weighted by Gasteiger charge is -2.14. The number of nitrogens with one attached hydrogen (secondary N) is 1. The molecular formula is C12H11Cl2NO4S. The second kappa shape index (κ2) is 5.73. The molecule has 1 aliphatic rings. The third kappa shape index (κ3) is 3.15. The molecule has 0 saturated carbocycles. The molecule has 0 aliphatic heterocycles. The van der Waals surface area contributed by atoms with Crippen LogP contribution in [0.5, 0.6) is 0 Å². The van der Waals surface area contributed by atoms with Gasteiger partial charge in [0, 0.05) is 11.1 Å². The van der Waals surface area contributed by atoms with Crippen LogP contribution in [0.4, 0.5) is 0 Å². The Morgan fingerprint density at radius 2 is 1.85 bits per heavy atom. The molecule has 0 amide bonds. The van der Waals surface area contributed by atoms with E-state index in [2.05, 4.69) is 4.72 Å². The van der Waals surface area contributed by atoms with E-state index in [1.807, 2.05) is 12.2 Å². The molecule has 0 bridgehead atoms. The van der Waals surface area contributed by atoms with Crippen molar-refractivity contribution < 1.29 is 18.3 Å². The Hall–Kier alpha value is -1.08. The first-order valence-electron chi connectivity index (χ1n) is 5.71. The van der Waals surface area contributed by atoms with E-state index in [9.17, 15) is 13.2 Å². The monoisotopic (exact) mass is 335 g/mol. The molecule has 0 aromatic heterocycles. The van der Waals surface area contributed by atoms with E-state index >= 15 is 0 Å². The van der Waals surface area contributed by atoms with Gasteiger partial charge >= 0.3 is 5.97 Å². The van der Waals surface area contributed by atoms with Crippen molar-refractivity contribution in [1.29, 1.82) is 0 Å². The molecule has 2 rings (SSSR count). The zero-order valence-corrected chi connectivity index (χ0v) is 12.5. The van der Waals surface area contributed by atoms with Gasteiger partial charge in [0.1, 0.15) is 4.90 Å². The van der Waals surface area contributed by atoms with E-state index < -0.39 is 16.0 Å². The Morgan fingerprint density at radius 1 is 1.25 bits per heavy atom. The summed E-state index contributed by atoms with van der Waals surface area (Å²) in [5.74, 6) is -1.34. The molecule has 1 aromatic rings. The molecule has 108 valence electrons. The van der Waals surface area contributed by atoms with Gasteiger partial charge in [0.05, 0.1) is 10.6 Å². The van der Waals surface area contributed by atoms with Crippen molar-refractivity contribution in [2.45, 2.75) is 23.8 Å². The van der Waals surface area contributed by atoms with Crippen molar-refractivity contribution in [2.24, 2.45) is 0 Å². The minimum Gasteiger partial charge on any atom is -0.478 e. The summed E-state index contributed by atoms with van der Waals surface area (Å²) < 4.78 is 27.0. The Labute approximate surface area is 126 Å². The standard InChI is InChI=1S/C12H11Cl2NO4S/c13-7-5-9(12(16)17)11(14)10(6-7)20(18,19)15-8-3-1-2-4-8/h1-2,5-6,8,15H,3-4H2,(H,16,17). The molecule has 1 aliphatic carbocycles. The van der Waals surface area contributed by atoms with Gasteiger partial charge in [-0.05, 0) is 25.0 Å². The van der Waals surface area contributed by atoms with Crippen LogP contribution in [0.25, 0.3) is 0 Å². The van der Waals surface area contributed by atoms with Crippen molar-refractivity contribution in [3.8, 4) is 0 Å². The highest BCUT2D eigenvalue weighted by atomic mass is 35.5. The summed E-state index contributed by atoms with van der Waals surface area (Å²) >= 11 is 11.6. The van der Waals surface area contributed by atoms with Crippen LogP contribution in [-0.2, 0) is 10.0 Å². The number of benzene rings is 1. The average Bonchev–Trinajstić information content (AvgIpc) is 2.83. The van der Waals surface area contributed by atoms with Crippen LogP contribution in [0.1, 0.15) is 23.2 Å². The van der Waals surface area contributed by atoms with Gasteiger partial charge in [-0.2, -0.15) is 0 Å². The van der Waals surface area contributed by atoms with E-state index in [0.29, 0.717) is 12.8 Å². The van der Waals surface area contributed by atoms with E-state index in [1.54, 1.807) is 0 Å². The maximum Gasteiger partial charge on any atom is 0.337 e. The first-order chi connectivity index (χ1) is 9.31. The minimum absolute atomic E-state index is 0.00304. The summed E-state index contributed by atoms with van der Waals surface area (Å²) in [7, 11) is -3.92. The van der Waals surface area contributed by atoms with E-state index in [4.69, 9.17) is 28.3 Å². The summed E-state index contributed by atoms with van der Waals surface area (Å²) in [5.41, 5.74) is -0.343. The first-order valence-corrected chi connectivity index (χ1v) is 7.95. The molecule has 20 heavy (non-hydrogen) atoms. The smallest absolute Gasteiger partial charge is 0.337 e. The Kier molecular flexibility index (Phi) is 4.39. The molecular weight excluding hydrogens is 325 g/mol. The topological polar surface area (TPSA) is 83.5 Å². The zero-order valence-electron chi connectivity index (χ0n) is 10.1. The fourth-order valence-corrected chi connectivity index (χ4v) is 4.08. The van der Waals surface area contributed by atoms with Crippen LogP contribution in [0, 0.1) is 0 Å². The van der Waals surface area contributed by atoms with Gasteiger partial charge in [0.15, 0.2) is 0 Å². The average molecular weight is 336 g/mol. The van der Waals surface area contributed by atoms with Crippen LogP contribution in [0.15, 0.2) is 29.2 Å². The molecule has 1 aromatic carbocycles. The van der Waals surface area contributed by atoms with Crippen molar-refractivity contribution in [2.75, 3.05) is 0 Å². The van der Waals surface area contributed by atoms with Crippen molar-refractivity contribution in [3.05, 3.63) is 39.9 Å². The SMILES string of the molecule is O=C(O)c1cc(Cl)cc(S(=O)(=O)NC2CC=CC2)c1Cl. The Morgan fingerprint density at radius 3 is 2.40 bits per heavy atom. The number of hydrogen-bond donors (Lipinski definition) is 2. The van der Waals surface area contributed by atoms with Crippen molar-refractivity contribution in [1.82, 2.24) is 4.72 Å². The predicted octanol–water partition coefficient (Wildman–Crippen LogP) is 2.69. The number of carboxylic acid groups (broad SMARTS) is 1. The second-order valence-electron chi connectivity index (χ2n) is 4.33. The van der Waals surface area contributed by atoms with Gasteiger partial charge in [0.25, 0.3) is 0 Å². The van der Waals surface area contributed by atoms with Crippen LogP contribution in [0.3, 0.4) is 0 Å². The summed E-state index contributed by atoms with van der Waals surface area (Å²) in [5, 5.41) is 8.65. The highest BCUT2D eigenvalue weighted by Crippen LogP contribution is 2.30. The van der Waals surface area contributed by atoms with E-state index in [-0.39, 0.29) is 26.5 Å². The van der Waals surface area contributed by atoms with Crippen molar-refractivity contribution >= 4 is 39.2 Å². The largest absolute Gasteiger partial charge is 0.478 e. The van der Waals surface area contributed by atoms with Crippen LogP contribution in [-0.4, -0.2) is 25.5 Å². The fourth-order valence-electron chi connectivity index (χ4n) is 1.91. The summed E-state index contributed by atoms with van der Waals surface area (Å²) in [6, 6.07) is 2.01. The minimum atomic E-state index is -3.92. The number of rotatable bonds is 4. The summed E-state index contributed by atoms with van der Waals surface area (Å²) in [6.07, 6.45) is 4.91. The lowest BCUT2D eigenvalue weighted by molar-refractivity contribution is 0.0697. The number of halogens is 2. The normalized spacial score (nSPS) is 15.7. The van der Waals surface area contributed by atoms with Gasteiger partial charge in [-0.15, -0.1) is 0 Å². The number of sulfonamides is 1. The molecule has 5 nitrogen and oxygen atoms in total. The molecule has 0 unspecified atom stereocenters. The quantitative estimate of drug-likeness (QED) is 0.828. The maximum atomic E-state index is 12.3. The number of hydrogen-bond acceptors (Lipinski definition) is 3. The summed E-state index contributed by atoms with van der Waals surface area (Å²) in [6.45, 7) is 0. The first kappa shape index (κ1) is 15.3. The molecule has 8 heteroatoms. The third-order valence-corrected chi connectivity index (χ3v) is 5.14. The number of carboxylic acids is 1. The maximum absolute atomic E-state index is 12.3. The molecule has 2 N–H and O–H groups in total. The number of carbonyl (C=O) groups is 1. The zero-order chi connectivity index (χ0) is 14.9. The molecule has 0 radical (unpaired) electrons. The van der Waals surface area contributed by atoms with Crippen LogP contribution in [0.2, 0.25) is 10.0 Å². The molecule has 0 fully saturated rings. The second-order valence-corrected chi connectivity index (χ2v) is 6.83. The summed E-state index contributed by atoms with van der Waals surface area (Å²) in [4.78, 5) is 10.7. The van der Waals surface area contributed by atoms with Crippen LogP contribution < -0.4 is 4.72 Å².